The smallest absolute Gasteiger partial charge is 0.362 e. The third-order valence-corrected chi connectivity index (χ3v) is 6.26. The monoisotopic (exact) mass is 455 g/mol. The summed E-state index contributed by atoms with van der Waals surface area (Å²) in [4.78, 5) is 38.3. The van der Waals surface area contributed by atoms with Crippen molar-refractivity contribution in [2.75, 3.05) is 40.2 Å². The van der Waals surface area contributed by atoms with Crippen LogP contribution in [0.2, 0.25) is 0 Å². The lowest BCUT2D eigenvalue weighted by molar-refractivity contribution is -0.909. The molecule has 8 heteroatoms. The Kier molecular flexibility index (Phi) is 7.07. The highest BCUT2D eigenvalue weighted by molar-refractivity contribution is 6.06. The fraction of sp³-hybridized carbons (Fsp3) is 0.400. The predicted molar refractivity (Wildman–Crippen MR) is 123 cm³/mol. The number of benzene rings is 2. The molecule has 3 rings (SSSR count). The van der Waals surface area contributed by atoms with Crippen molar-refractivity contribution in [3.8, 4) is 5.75 Å². The fourth-order valence-corrected chi connectivity index (χ4v) is 4.02. The summed E-state index contributed by atoms with van der Waals surface area (Å²) in [6.07, 6.45) is 1.25. The van der Waals surface area contributed by atoms with Crippen LogP contribution in [0.4, 0.5) is 5.69 Å². The number of carbonyl (C=O) groups is 3. The molecule has 0 unspecified atom stereocenters. The van der Waals surface area contributed by atoms with Crippen LogP contribution in [0.25, 0.3) is 0 Å². The fourth-order valence-electron chi connectivity index (χ4n) is 4.02. The quantitative estimate of drug-likeness (QED) is 0.462. The summed E-state index contributed by atoms with van der Waals surface area (Å²) < 4.78 is 15.7. The molecule has 1 aliphatic rings. The molecule has 0 saturated heterocycles. The van der Waals surface area contributed by atoms with E-state index in [1.54, 1.807) is 13.0 Å². The van der Waals surface area contributed by atoms with Crippen LogP contribution in [-0.2, 0) is 25.7 Å². The number of aryl methyl sites for hydroxylation is 1. The molecule has 1 fully saturated rings. The van der Waals surface area contributed by atoms with Crippen molar-refractivity contribution in [2.45, 2.75) is 31.9 Å². The van der Waals surface area contributed by atoms with E-state index in [0.29, 0.717) is 29.8 Å². The molecule has 0 bridgehead atoms. The topological polar surface area (TPSA) is 90.9 Å². The Balaban J connectivity index is 1.74. The van der Waals surface area contributed by atoms with Gasteiger partial charge in [0.25, 0.3) is 5.91 Å². The number of nitrogens with one attached hydrogen (secondary N) is 1. The molecular weight excluding hydrogens is 424 g/mol. The Hall–Kier alpha value is -3.39. The molecule has 33 heavy (non-hydrogen) atoms. The van der Waals surface area contributed by atoms with Crippen molar-refractivity contribution in [2.24, 2.45) is 0 Å². The molecule has 0 heterocycles. The van der Waals surface area contributed by atoms with Crippen molar-refractivity contribution < 1.29 is 33.1 Å². The van der Waals surface area contributed by atoms with Gasteiger partial charge in [-0.3, -0.25) is 4.79 Å². The standard InChI is InChI=1S/C25H30N2O6/c1-17-13-19(31-4)14-20(23(29)32-5)22(17)26-24(30)25(11-12-25)27(2,3)15-21(28)33-16-18-9-7-6-8-10-18/h6-10,13-14H,11-12,15-16H2,1-5H3/p+1. The number of carbonyl (C=O) groups excluding carboxylic acids is 3. The van der Waals surface area contributed by atoms with Gasteiger partial charge in [0, 0.05) is 12.8 Å². The highest BCUT2D eigenvalue weighted by Crippen LogP contribution is 2.46. The Morgan fingerprint density at radius 1 is 1.06 bits per heavy atom. The van der Waals surface area contributed by atoms with Crippen LogP contribution in [0.1, 0.15) is 34.3 Å². The Morgan fingerprint density at radius 3 is 2.30 bits per heavy atom. The van der Waals surface area contributed by atoms with E-state index >= 15 is 0 Å². The number of likely N-dealkylation sites (N-methyl/N-ethyl adjacent to an activating group) is 1. The maximum absolute atomic E-state index is 13.4. The van der Waals surface area contributed by atoms with E-state index in [2.05, 4.69) is 5.32 Å². The number of anilines is 1. The summed E-state index contributed by atoms with van der Waals surface area (Å²) in [5, 5.41) is 2.92. The van der Waals surface area contributed by atoms with Crippen LogP contribution in [0, 0.1) is 6.92 Å². The van der Waals surface area contributed by atoms with E-state index in [9.17, 15) is 14.4 Å². The first-order valence-corrected chi connectivity index (χ1v) is 10.7. The number of nitrogens with zero attached hydrogens (tertiary/aromatic N) is 1. The van der Waals surface area contributed by atoms with Gasteiger partial charge in [0.2, 0.25) is 0 Å². The number of ether oxygens (including phenoxy) is 3. The van der Waals surface area contributed by atoms with E-state index in [4.69, 9.17) is 14.2 Å². The van der Waals surface area contributed by atoms with Gasteiger partial charge in [-0.05, 0) is 30.2 Å². The lowest BCUT2D eigenvalue weighted by atomic mass is 10.1. The molecule has 0 aromatic heterocycles. The van der Waals surface area contributed by atoms with Crippen molar-refractivity contribution in [1.29, 1.82) is 0 Å². The van der Waals surface area contributed by atoms with Gasteiger partial charge in [0.1, 0.15) is 12.4 Å². The van der Waals surface area contributed by atoms with Gasteiger partial charge in [-0.15, -0.1) is 0 Å². The Morgan fingerprint density at radius 2 is 1.73 bits per heavy atom. The van der Waals surface area contributed by atoms with Crippen molar-refractivity contribution >= 4 is 23.5 Å². The predicted octanol–water partition coefficient (Wildman–Crippen LogP) is 3.08. The van der Waals surface area contributed by atoms with Crippen LogP contribution in [0.3, 0.4) is 0 Å². The van der Waals surface area contributed by atoms with Crippen LogP contribution in [0.5, 0.6) is 5.75 Å². The second-order valence-corrected chi connectivity index (χ2v) is 8.83. The minimum Gasteiger partial charge on any atom is -0.497 e. The lowest BCUT2D eigenvalue weighted by Gasteiger charge is -2.36. The van der Waals surface area contributed by atoms with Gasteiger partial charge in [0.15, 0.2) is 12.1 Å². The number of hydrogen-bond donors (Lipinski definition) is 1. The normalized spacial score (nSPS) is 14.2. The lowest BCUT2D eigenvalue weighted by Crippen LogP contribution is -2.59. The highest BCUT2D eigenvalue weighted by atomic mass is 16.5. The van der Waals surface area contributed by atoms with Gasteiger partial charge in [0.05, 0.1) is 39.6 Å². The average Bonchev–Trinajstić information content (AvgIpc) is 3.61. The minimum absolute atomic E-state index is 0.0473. The molecule has 1 N–H and O–H groups in total. The van der Waals surface area contributed by atoms with Gasteiger partial charge in [-0.1, -0.05) is 30.3 Å². The van der Waals surface area contributed by atoms with E-state index in [1.807, 2.05) is 44.4 Å². The summed E-state index contributed by atoms with van der Waals surface area (Å²) >= 11 is 0. The van der Waals surface area contributed by atoms with Gasteiger partial charge in [-0.2, -0.15) is 0 Å². The van der Waals surface area contributed by atoms with E-state index in [0.717, 1.165) is 5.56 Å². The largest absolute Gasteiger partial charge is 0.497 e. The molecule has 2 aromatic carbocycles. The highest BCUT2D eigenvalue weighted by Gasteiger charge is 2.63. The maximum atomic E-state index is 13.4. The summed E-state index contributed by atoms with van der Waals surface area (Å²) in [7, 11) is 6.48. The van der Waals surface area contributed by atoms with Gasteiger partial charge < -0.3 is 24.0 Å². The third kappa shape index (κ3) is 5.17. The van der Waals surface area contributed by atoms with Crippen LogP contribution in [-0.4, -0.2) is 62.7 Å². The van der Waals surface area contributed by atoms with Crippen LogP contribution in [0.15, 0.2) is 42.5 Å². The number of methoxy groups -OCH3 is 2. The van der Waals surface area contributed by atoms with E-state index in [1.165, 1.54) is 20.3 Å². The van der Waals surface area contributed by atoms with Crippen molar-refractivity contribution in [1.82, 2.24) is 0 Å². The molecular formula is C25H31N2O6+. The first-order chi connectivity index (χ1) is 15.6. The summed E-state index contributed by atoms with van der Waals surface area (Å²) in [5.41, 5.74) is 1.38. The Bertz CT molecular complexity index is 1040. The number of hydrogen-bond acceptors (Lipinski definition) is 6. The molecule has 0 aliphatic heterocycles. The molecule has 8 nitrogen and oxygen atoms in total. The first-order valence-electron chi connectivity index (χ1n) is 10.7. The average molecular weight is 456 g/mol. The zero-order valence-electron chi connectivity index (χ0n) is 19.8. The third-order valence-electron chi connectivity index (χ3n) is 6.26. The summed E-state index contributed by atoms with van der Waals surface area (Å²) in [6, 6.07) is 12.7. The second kappa shape index (κ2) is 9.62. The van der Waals surface area contributed by atoms with Crippen molar-refractivity contribution in [3.05, 3.63) is 59.2 Å². The zero-order chi connectivity index (χ0) is 24.2. The summed E-state index contributed by atoms with van der Waals surface area (Å²) in [6.45, 7) is 2.02. The minimum atomic E-state index is -0.786. The number of quaternary nitrogens is 1. The molecule has 1 aliphatic carbocycles. The molecule has 2 aromatic rings. The zero-order valence-corrected chi connectivity index (χ0v) is 19.8. The summed E-state index contributed by atoms with van der Waals surface area (Å²) in [5.74, 6) is -0.708. The van der Waals surface area contributed by atoms with Gasteiger partial charge in [-0.25, -0.2) is 9.59 Å². The van der Waals surface area contributed by atoms with Crippen LogP contribution >= 0.6 is 0 Å². The van der Waals surface area contributed by atoms with Crippen molar-refractivity contribution in [3.63, 3.8) is 0 Å². The molecule has 0 radical (unpaired) electrons. The Labute approximate surface area is 194 Å². The molecule has 1 saturated carbocycles. The molecule has 0 spiro atoms. The number of esters is 2. The SMILES string of the molecule is COC(=O)c1cc(OC)cc(C)c1NC(=O)C1([N+](C)(C)CC(=O)OCc2ccccc2)CC1. The number of rotatable bonds is 9. The molecule has 176 valence electrons. The molecule has 1 amide bonds. The maximum Gasteiger partial charge on any atom is 0.362 e. The second-order valence-electron chi connectivity index (χ2n) is 8.83. The van der Waals surface area contributed by atoms with E-state index < -0.39 is 11.5 Å². The van der Waals surface area contributed by atoms with Gasteiger partial charge >= 0.3 is 11.9 Å². The molecule has 0 atom stereocenters. The first kappa shape index (κ1) is 24.3. The van der Waals surface area contributed by atoms with Crippen LogP contribution < -0.4 is 10.1 Å². The van der Waals surface area contributed by atoms with E-state index in [-0.39, 0.29) is 35.1 Å². The number of amides is 1.